The number of ether oxygens (including phenoxy) is 4. The summed E-state index contributed by atoms with van der Waals surface area (Å²) in [7, 11) is 1.42. The fourth-order valence-corrected chi connectivity index (χ4v) is 5.36. The largest absolute Gasteiger partial charge is 0.493 e. The van der Waals surface area contributed by atoms with E-state index in [4.69, 9.17) is 18.9 Å². The Balaban J connectivity index is 1.28. The molecule has 1 aromatic carbocycles. The number of methoxy groups -OCH3 is 1. The van der Waals surface area contributed by atoms with Gasteiger partial charge in [-0.2, -0.15) is 13.2 Å². The molecule has 1 amide bonds. The second-order valence-corrected chi connectivity index (χ2v) is 9.88. The lowest BCUT2D eigenvalue weighted by Gasteiger charge is -2.41. The molecule has 2 saturated heterocycles. The fourth-order valence-electron chi connectivity index (χ4n) is 5.36. The van der Waals surface area contributed by atoms with Crippen LogP contribution in [0.5, 0.6) is 11.5 Å². The van der Waals surface area contributed by atoms with Crippen LogP contribution in [0.15, 0.2) is 36.5 Å². The molecule has 12 heteroatoms. The van der Waals surface area contributed by atoms with Gasteiger partial charge in [-0.25, -0.2) is 8.78 Å². The van der Waals surface area contributed by atoms with Gasteiger partial charge in [-0.05, 0) is 42.7 Å². The minimum atomic E-state index is -4.53. The number of alkyl halides is 5. The van der Waals surface area contributed by atoms with E-state index in [1.807, 2.05) is 0 Å². The number of aromatic nitrogens is 1. The molecular weight excluding hydrogens is 515 g/mol. The lowest BCUT2D eigenvalue weighted by atomic mass is 9.84. The predicted octanol–water partition coefficient (Wildman–Crippen LogP) is 5.04. The molecule has 3 fully saturated rings. The van der Waals surface area contributed by atoms with E-state index in [0.29, 0.717) is 23.5 Å². The second-order valence-electron chi connectivity index (χ2n) is 9.88. The molecule has 7 nitrogen and oxygen atoms in total. The van der Waals surface area contributed by atoms with E-state index in [9.17, 15) is 26.7 Å². The molecule has 206 valence electrons. The lowest BCUT2D eigenvalue weighted by Crippen LogP contribution is -2.54. The van der Waals surface area contributed by atoms with E-state index in [0.717, 1.165) is 18.3 Å². The van der Waals surface area contributed by atoms with Gasteiger partial charge in [0.05, 0.1) is 31.5 Å². The summed E-state index contributed by atoms with van der Waals surface area (Å²) < 4.78 is 89.3. The highest BCUT2D eigenvalue weighted by molar-refractivity contribution is 5.95. The highest BCUT2D eigenvalue weighted by Crippen LogP contribution is 2.44. The number of carbonyl (C=O) groups is 1. The summed E-state index contributed by atoms with van der Waals surface area (Å²) in [6.07, 6.45) is -3.93. The van der Waals surface area contributed by atoms with Crippen LogP contribution in [0.2, 0.25) is 0 Å². The van der Waals surface area contributed by atoms with Gasteiger partial charge in [0.2, 0.25) is 5.92 Å². The van der Waals surface area contributed by atoms with Gasteiger partial charge < -0.3 is 23.8 Å². The first-order valence-corrected chi connectivity index (χ1v) is 12.3. The maximum absolute atomic E-state index is 13.5. The third-order valence-corrected chi connectivity index (χ3v) is 7.44. The number of likely N-dealkylation sites (tertiary alicyclic amines) is 1. The minimum absolute atomic E-state index is 0.0905. The molecule has 1 saturated carbocycles. The molecule has 1 aliphatic carbocycles. The average Bonchev–Trinajstić information content (AvgIpc) is 3.49. The number of halogens is 5. The van der Waals surface area contributed by atoms with Gasteiger partial charge in [0.15, 0.2) is 11.5 Å². The normalized spacial score (nSPS) is 26.7. The standard InChI is InChI=1S/C26H27F5N2O5/c1-35-20-10-17(2-3-19(20)36-14-16-4-6-24(27,28)12-16)23(34)33-9-7-25(22(13-33)37-15-38-25)21-11-18(5-8-32-21)26(29,30)31/h2-3,5,8,10-11,16,22H,4,6-7,9,12-15H2,1H3/t16?,22?,25-/m1/s1. The zero-order valence-corrected chi connectivity index (χ0v) is 20.6. The van der Waals surface area contributed by atoms with Crippen molar-refractivity contribution in [1.82, 2.24) is 9.88 Å². The SMILES string of the molecule is COc1cc(C(=O)N2CC[C@]3(c4cc(C(F)(F)F)ccn4)OCOC3C2)ccc1OCC1CCC(F)(F)C1. The minimum Gasteiger partial charge on any atom is -0.493 e. The molecule has 0 N–H and O–H groups in total. The molecule has 0 radical (unpaired) electrons. The van der Waals surface area contributed by atoms with E-state index in [1.54, 1.807) is 17.0 Å². The van der Waals surface area contributed by atoms with Crippen molar-refractivity contribution < 1.29 is 45.7 Å². The van der Waals surface area contributed by atoms with E-state index in [1.165, 1.54) is 13.2 Å². The quantitative estimate of drug-likeness (QED) is 0.477. The molecule has 38 heavy (non-hydrogen) atoms. The van der Waals surface area contributed by atoms with Crippen LogP contribution >= 0.6 is 0 Å². The molecular formula is C26H27F5N2O5. The number of amides is 1. The highest BCUT2D eigenvalue weighted by atomic mass is 19.4. The predicted molar refractivity (Wildman–Crippen MR) is 123 cm³/mol. The monoisotopic (exact) mass is 542 g/mol. The topological polar surface area (TPSA) is 70.1 Å². The first kappa shape index (κ1) is 26.6. The smallest absolute Gasteiger partial charge is 0.416 e. The number of fused-ring (bicyclic) bond motifs is 1. The van der Waals surface area contributed by atoms with Gasteiger partial charge in [-0.3, -0.25) is 9.78 Å². The van der Waals surface area contributed by atoms with E-state index in [-0.39, 0.29) is 63.3 Å². The molecule has 2 aromatic rings. The molecule has 1 aromatic heterocycles. The lowest BCUT2D eigenvalue weighted by molar-refractivity contribution is -0.138. The number of piperidine rings is 1. The summed E-state index contributed by atoms with van der Waals surface area (Å²) >= 11 is 0. The van der Waals surface area contributed by atoms with Gasteiger partial charge in [-0.1, -0.05) is 0 Å². The maximum atomic E-state index is 13.5. The molecule has 2 aliphatic heterocycles. The van der Waals surface area contributed by atoms with Gasteiger partial charge in [0.25, 0.3) is 5.91 Å². The summed E-state index contributed by atoms with van der Waals surface area (Å²) in [5.74, 6) is -2.61. The Hall–Kier alpha value is -2.99. The van der Waals surface area contributed by atoms with Crippen molar-refractivity contribution in [3.63, 3.8) is 0 Å². The molecule has 3 atom stereocenters. The number of benzene rings is 1. The van der Waals surface area contributed by atoms with E-state index < -0.39 is 29.4 Å². The van der Waals surface area contributed by atoms with Crippen LogP contribution in [0, 0.1) is 5.92 Å². The van der Waals surface area contributed by atoms with Crippen molar-refractivity contribution >= 4 is 5.91 Å². The first-order chi connectivity index (χ1) is 18.0. The van der Waals surface area contributed by atoms with Crippen LogP contribution in [0.25, 0.3) is 0 Å². The zero-order valence-electron chi connectivity index (χ0n) is 20.6. The molecule has 3 heterocycles. The van der Waals surface area contributed by atoms with E-state index >= 15 is 0 Å². The van der Waals surface area contributed by atoms with Gasteiger partial charge in [0, 0.05) is 37.6 Å². The van der Waals surface area contributed by atoms with Crippen molar-refractivity contribution in [2.24, 2.45) is 5.92 Å². The Morgan fingerprint density at radius 2 is 2.00 bits per heavy atom. The molecule has 0 bridgehead atoms. The summed E-state index contributed by atoms with van der Waals surface area (Å²) in [4.78, 5) is 19.0. The van der Waals surface area contributed by atoms with Crippen LogP contribution < -0.4 is 9.47 Å². The third-order valence-electron chi connectivity index (χ3n) is 7.44. The van der Waals surface area contributed by atoms with Crippen molar-refractivity contribution in [2.45, 2.75) is 49.5 Å². The van der Waals surface area contributed by atoms with Crippen molar-refractivity contribution in [1.29, 1.82) is 0 Å². The van der Waals surface area contributed by atoms with E-state index in [2.05, 4.69) is 4.98 Å². The molecule has 3 aliphatic rings. The van der Waals surface area contributed by atoms with Crippen molar-refractivity contribution in [3.05, 3.63) is 53.3 Å². The number of hydrogen-bond acceptors (Lipinski definition) is 6. The summed E-state index contributed by atoms with van der Waals surface area (Å²) in [6.45, 7) is 0.285. The Morgan fingerprint density at radius 3 is 2.71 bits per heavy atom. The van der Waals surface area contributed by atoms with Gasteiger partial charge in [0.1, 0.15) is 18.5 Å². The van der Waals surface area contributed by atoms with Crippen LogP contribution in [-0.2, 0) is 21.3 Å². The van der Waals surface area contributed by atoms with Crippen molar-refractivity contribution in [2.75, 3.05) is 33.6 Å². The zero-order chi connectivity index (χ0) is 27.1. The number of nitrogens with zero attached hydrogens (tertiary/aromatic N) is 2. The Bertz CT molecular complexity index is 1190. The highest BCUT2D eigenvalue weighted by Gasteiger charge is 2.52. The number of hydrogen-bond donors (Lipinski definition) is 0. The Labute approximate surface area is 215 Å². The van der Waals surface area contributed by atoms with Crippen LogP contribution in [-0.4, -0.2) is 61.4 Å². The maximum Gasteiger partial charge on any atom is 0.416 e. The number of pyridine rings is 1. The molecule has 2 unspecified atom stereocenters. The summed E-state index contributed by atoms with van der Waals surface area (Å²) in [6, 6.07) is 6.51. The Morgan fingerprint density at radius 1 is 1.18 bits per heavy atom. The summed E-state index contributed by atoms with van der Waals surface area (Å²) in [5, 5.41) is 0. The number of rotatable bonds is 6. The van der Waals surface area contributed by atoms with Gasteiger partial charge >= 0.3 is 6.18 Å². The third kappa shape index (κ3) is 5.15. The average molecular weight is 543 g/mol. The molecule has 5 rings (SSSR count). The van der Waals surface area contributed by atoms with Crippen molar-refractivity contribution in [3.8, 4) is 11.5 Å². The Kier molecular flexibility index (Phi) is 6.97. The fraction of sp³-hybridized carbons (Fsp3) is 0.538. The first-order valence-electron chi connectivity index (χ1n) is 12.3. The molecule has 0 spiro atoms. The summed E-state index contributed by atoms with van der Waals surface area (Å²) in [5.41, 5.74) is -1.60. The van der Waals surface area contributed by atoms with Crippen LogP contribution in [0.3, 0.4) is 0 Å². The van der Waals surface area contributed by atoms with Gasteiger partial charge in [-0.15, -0.1) is 0 Å². The van der Waals surface area contributed by atoms with Crippen LogP contribution in [0.4, 0.5) is 22.0 Å². The second kappa shape index (κ2) is 9.96. The van der Waals surface area contributed by atoms with Crippen LogP contribution in [0.1, 0.15) is 47.3 Å². The number of carbonyl (C=O) groups excluding carboxylic acids is 1.